The van der Waals surface area contributed by atoms with E-state index in [0.717, 1.165) is 18.4 Å². The molecule has 0 radical (unpaired) electrons. The highest BCUT2D eigenvalue weighted by atomic mass is 19.1. The van der Waals surface area contributed by atoms with Gasteiger partial charge in [-0.25, -0.2) is 4.39 Å². The van der Waals surface area contributed by atoms with E-state index in [0.29, 0.717) is 5.56 Å². The van der Waals surface area contributed by atoms with Gasteiger partial charge < -0.3 is 16.0 Å². The van der Waals surface area contributed by atoms with Crippen molar-refractivity contribution in [1.29, 1.82) is 0 Å². The van der Waals surface area contributed by atoms with E-state index in [1.54, 1.807) is 12.1 Å². The number of hydrogen-bond donors (Lipinski definition) is 2. The van der Waals surface area contributed by atoms with Crippen molar-refractivity contribution in [1.82, 2.24) is 10.2 Å². The van der Waals surface area contributed by atoms with Crippen LogP contribution in [0.5, 0.6) is 0 Å². The van der Waals surface area contributed by atoms with Crippen LogP contribution in [0, 0.1) is 24.1 Å². The van der Waals surface area contributed by atoms with Gasteiger partial charge in [-0.1, -0.05) is 17.7 Å². The molecule has 1 saturated carbocycles. The van der Waals surface area contributed by atoms with Gasteiger partial charge in [0.1, 0.15) is 11.4 Å². The van der Waals surface area contributed by atoms with Crippen molar-refractivity contribution in [2.75, 3.05) is 13.6 Å². The molecule has 1 unspecified atom stereocenters. The number of nitrogens with two attached hydrogens (primary N) is 1. The van der Waals surface area contributed by atoms with Gasteiger partial charge in [0.05, 0.1) is 5.41 Å². The Labute approximate surface area is 151 Å². The summed E-state index contributed by atoms with van der Waals surface area (Å²) in [6.45, 7) is 1.86. The molecule has 1 atom stereocenters. The number of hydrogen-bond acceptors (Lipinski definition) is 3. The van der Waals surface area contributed by atoms with Crippen LogP contribution in [-0.2, 0) is 20.9 Å². The lowest BCUT2D eigenvalue weighted by molar-refractivity contribution is -0.137. The molecule has 0 spiro atoms. The summed E-state index contributed by atoms with van der Waals surface area (Å²) >= 11 is 0. The van der Waals surface area contributed by atoms with Gasteiger partial charge in [-0.15, -0.1) is 0 Å². The predicted octanol–water partition coefficient (Wildman–Crippen LogP) is 1.03. The highest BCUT2D eigenvalue weighted by Crippen LogP contribution is 2.49. The number of benzene rings is 1. The fourth-order valence-electron chi connectivity index (χ4n) is 3.57. The lowest BCUT2D eigenvalue weighted by Gasteiger charge is -2.39. The van der Waals surface area contributed by atoms with E-state index < -0.39 is 29.0 Å². The molecule has 1 heterocycles. The Balaban J connectivity index is 2.02. The Kier molecular flexibility index (Phi) is 4.56. The Hall–Kier alpha value is -2.70. The van der Waals surface area contributed by atoms with Crippen LogP contribution in [0.2, 0.25) is 0 Å². The molecule has 3 N–H and O–H groups in total. The average Bonchev–Trinajstić information content (AvgIpc) is 3.44. The first kappa shape index (κ1) is 18.1. The molecule has 0 bridgehead atoms. The van der Waals surface area contributed by atoms with Crippen molar-refractivity contribution < 1.29 is 18.8 Å². The van der Waals surface area contributed by atoms with Crippen LogP contribution in [0.25, 0.3) is 0 Å². The van der Waals surface area contributed by atoms with Crippen LogP contribution in [0.15, 0.2) is 29.8 Å². The van der Waals surface area contributed by atoms with E-state index in [1.807, 2.05) is 6.92 Å². The minimum absolute atomic E-state index is 0.00221. The average molecular weight is 359 g/mol. The van der Waals surface area contributed by atoms with Gasteiger partial charge in [-0.2, -0.15) is 0 Å². The number of likely N-dealkylation sites (N-methyl/N-ethyl adjacent to an activating group) is 1. The molecule has 2 aliphatic rings. The van der Waals surface area contributed by atoms with E-state index >= 15 is 0 Å². The van der Waals surface area contributed by atoms with E-state index in [-0.39, 0.29) is 24.6 Å². The molecule has 26 heavy (non-hydrogen) atoms. The quantitative estimate of drug-likeness (QED) is 0.769. The first-order chi connectivity index (χ1) is 12.3. The molecule has 1 aromatic carbocycles. The Morgan fingerprint density at radius 1 is 1.38 bits per heavy atom. The summed E-state index contributed by atoms with van der Waals surface area (Å²) in [4.78, 5) is 38.6. The number of carbonyl (C=O) groups excluding carboxylic acids is 3. The number of nitrogens with one attached hydrogen (secondary N) is 1. The van der Waals surface area contributed by atoms with Crippen LogP contribution in [0.1, 0.15) is 24.0 Å². The van der Waals surface area contributed by atoms with Crippen molar-refractivity contribution in [3.05, 3.63) is 46.8 Å². The van der Waals surface area contributed by atoms with Crippen molar-refractivity contribution >= 4 is 17.7 Å². The van der Waals surface area contributed by atoms with Gasteiger partial charge in [-0.05, 0) is 37.8 Å². The first-order valence-corrected chi connectivity index (χ1v) is 8.57. The molecule has 0 aromatic heterocycles. The van der Waals surface area contributed by atoms with E-state index in [2.05, 4.69) is 5.32 Å². The van der Waals surface area contributed by atoms with Crippen molar-refractivity contribution in [2.45, 2.75) is 26.3 Å². The summed E-state index contributed by atoms with van der Waals surface area (Å²) in [7, 11) is 1.42. The molecule has 3 rings (SSSR count). The van der Waals surface area contributed by atoms with Gasteiger partial charge >= 0.3 is 0 Å². The number of primary amides is 1. The third-order valence-corrected chi connectivity index (χ3v) is 5.17. The Bertz CT molecular complexity index is 816. The minimum Gasteiger partial charge on any atom is -0.369 e. The third-order valence-electron chi connectivity index (χ3n) is 5.17. The molecule has 7 heteroatoms. The monoisotopic (exact) mass is 359 g/mol. The lowest BCUT2D eigenvalue weighted by Crippen LogP contribution is -2.53. The number of carbonyl (C=O) groups is 3. The van der Waals surface area contributed by atoms with E-state index in [1.165, 1.54) is 24.1 Å². The molecule has 3 amide bonds. The number of aryl methyl sites for hydroxylation is 1. The molecule has 1 fully saturated rings. The first-order valence-electron chi connectivity index (χ1n) is 8.57. The van der Waals surface area contributed by atoms with Crippen LogP contribution < -0.4 is 11.1 Å². The number of halogens is 1. The van der Waals surface area contributed by atoms with Crippen LogP contribution >= 0.6 is 0 Å². The zero-order chi connectivity index (χ0) is 19.1. The molecule has 0 saturated heterocycles. The van der Waals surface area contributed by atoms with Gasteiger partial charge in [-0.3, -0.25) is 14.4 Å². The zero-order valence-corrected chi connectivity index (χ0v) is 14.8. The zero-order valence-electron chi connectivity index (χ0n) is 14.8. The molecule has 1 aliphatic carbocycles. The third kappa shape index (κ3) is 3.09. The van der Waals surface area contributed by atoms with Crippen molar-refractivity contribution in [3.8, 4) is 0 Å². The molecule has 6 nitrogen and oxygen atoms in total. The van der Waals surface area contributed by atoms with E-state index in [4.69, 9.17) is 5.73 Å². The van der Waals surface area contributed by atoms with E-state index in [9.17, 15) is 18.8 Å². The standard InChI is InChI=1S/C19H22FN3O3/c1-11-3-6-15(20)12(7-11)9-23-10-19(18(21)26,13-4-5-13)8-14(17(23)25)16(24)22-2/h3,6-8,13H,4-5,9-10H2,1-2H3,(H2,21,26)(H,22,24). The summed E-state index contributed by atoms with van der Waals surface area (Å²) in [5.74, 6) is -2.10. The lowest BCUT2D eigenvalue weighted by atomic mass is 9.76. The van der Waals surface area contributed by atoms with Crippen LogP contribution in [0.3, 0.4) is 0 Å². The normalized spacial score (nSPS) is 22.8. The highest BCUT2D eigenvalue weighted by molar-refractivity contribution is 6.19. The Morgan fingerprint density at radius 3 is 2.65 bits per heavy atom. The van der Waals surface area contributed by atoms with Gasteiger partial charge in [0.15, 0.2) is 0 Å². The SMILES string of the molecule is CNC(=O)C1=CC(C(N)=O)(C2CC2)CN(Cc2cc(C)ccc2F)C1=O. The minimum atomic E-state index is -1.09. The van der Waals surface area contributed by atoms with Crippen LogP contribution in [0.4, 0.5) is 4.39 Å². The maximum Gasteiger partial charge on any atom is 0.259 e. The second kappa shape index (κ2) is 6.55. The largest absolute Gasteiger partial charge is 0.369 e. The summed E-state index contributed by atoms with van der Waals surface area (Å²) in [6, 6.07) is 4.64. The number of amides is 3. The summed E-state index contributed by atoms with van der Waals surface area (Å²) in [6.07, 6.45) is 3.04. The smallest absolute Gasteiger partial charge is 0.259 e. The maximum absolute atomic E-state index is 14.2. The fraction of sp³-hybridized carbons (Fsp3) is 0.421. The summed E-state index contributed by atoms with van der Waals surface area (Å²) < 4.78 is 14.2. The fourth-order valence-corrected chi connectivity index (χ4v) is 3.57. The second-order valence-electron chi connectivity index (χ2n) is 7.07. The number of rotatable bonds is 5. The second-order valence-corrected chi connectivity index (χ2v) is 7.07. The Morgan fingerprint density at radius 2 is 2.08 bits per heavy atom. The molecule has 1 aliphatic heterocycles. The predicted molar refractivity (Wildman–Crippen MR) is 93.1 cm³/mol. The molecular formula is C19H22FN3O3. The number of nitrogens with zero attached hydrogens (tertiary/aromatic N) is 1. The van der Waals surface area contributed by atoms with Crippen LogP contribution in [-0.4, -0.2) is 36.2 Å². The van der Waals surface area contributed by atoms with Gasteiger partial charge in [0.2, 0.25) is 5.91 Å². The van der Waals surface area contributed by atoms with Crippen molar-refractivity contribution in [2.24, 2.45) is 17.1 Å². The molecule has 138 valence electrons. The van der Waals surface area contributed by atoms with Gasteiger partial charge in [0, 0.05) is 25.7 Å². The summed E-state index contributed by atoms with van der Waals surface area (Å²) in [5, 5.41) is 2.43. The summed E-state index contributed by atoms with van der Waals surface area (Å²) in [5.41, 5.74) is 5.67. The topological polar surface area (TPSA) is 92.5 Å². The highest BCUT2D eigenvalue weighted by Gasteiger charge is 2.53. The maximum atomic E-state index is 14.2. The van der Waals surface area contributed by atoms with Crippen molar-refractivity contribution in [3.63, 3.8) is 0 Å². The molecular weight excluding hydrogens is 337 g/mol. The molecule has 1 aromatic rings. The van der Waals surface area contributed by atoms with Gasteiger partial charge in [0.25, 0.3) is 11.8 Å².